The second kappa shape index (κ2) is 14.6. The molecule has 2 N–H and O–H groups in total. The zero-order valence-corrected chi connectivity index (χ0v) is 16.0. The van der Waals surface area contributed by atoms with Gasteiger partial charge in [0.1, 0.15) is 12.2 Å². The van der Waals surface area contributed by atoms with Crippen LogP contribution >= 0.6 is 0 Å². The van der Waals surface area contributed by atoms with Gasteiger partial charge in [-0.2, -0.15) is 0 Å². The first-order valence-corrected chi connectivity index (χ1v) is 9.98. The number of allylic oxidation sites excluding steroid dienone is 4. The molecule has 1 heterocycles. The van der Waals surface area contributed by atoms with Gasteiger partial charge in [-0.3, -0.25) is 4.79 Å². The topological polar surface area (TPSA) is 70.1 Å². The van der Waals surface area contributed by atoms with Crippen LogP contribution < -0.4 is 0 Å². The van der Waals surface area contributed by atoms with Gasteiger partial charge in [0.15, 0.2) is 0 Å². The predicted octanol–water partition coefficient (Wildman–Crippen LogP) is 4.63. The van der Waals surface area contributed by atoms with Gasteiger partial charge in [-0.15, -0.1) is 0 Å². The second-order valence-electron chi connectivity index (χ2n) is 6.78. The van der Waals surface area contributed by atoms with E-state index in [4.69, 9.17) is 9.84 Å². The molecular formula is C22H34O4. The average molecular weight is 363 g/mol. The van der Waals surface area contributed by atoms with Crippen molar-refractivity contribution in [3.63, 3.8) is 0 Å². The van der Waals surface area contributed by atoms with Gasteiger partial charge in [0, 0.05) is 12.8 Å². The normalized spacial score (nSPS) is 20.2. The third-order valence-corrected chi connectivity index (χ3v) is 4.36. The minimum absolute atomic E-state index is 0.0810. The van der Waals surface area contributed by atoms with Crippen molar-refractivity contribution < 1.29 is 19.7 Å². The molecule has 0 aromatic carbocycles. The molecule has 0 spiro atoms. The third-order valence-electron chi connectivity index (χ3n) is 4.36. The van der Waals surface area contributed by atoms with Crippen LogP contribution in [-0.4, -0.2) is 34.5 Å². The number of epoxide rings is 1. The van der Waals surface area contributed by atoms with E-state index in [0.29, 0.717) is 12.8 Å². The Kier molecular flexibility index (Phi) is 12.6. The second-order valence-corrected chi connectivity index (χ2v) is 6.78. The van der Waals surface area contributed by atoms with Crippen LogP contribution in [0.3, 0.4) is 0 Å². The highest BCUT2D eigenvalue weighted by Crippen LogP contribution is 2.30. The molecule has 146 valence electrons. The third kappa shape index (κ3) is 11.9. The number of hydrogen-bond donors (Lipinski definition) is 2. The maximum Gasteiger partial charge on any atom is 0.303 e. The molecule has 1 aliphatic rings. The summed E-state index contributed by atoms with van der Waals surface area (Å²) in [4.78, 5) is 10.4. The van der Waals surface area contributed by atoms with Crippen molar-refractivity contribution in [2.75, 3.05) is 0 Å². The van der Waals surface area contributed by atoms with Crippen molar-refractivity contribution >= 4 is 5.97 Å². The molecule has 0 bridgehead atoms. The Labute approximate surface area is 158 Å². The highest BCUT2D eigenvalue weighted by molar-refractivity contribution is 5.66. The van der Waals surface area contributed by atoms with Crippen molar-refractivity contribution in [3.05, 3.63) is 24.3 Å². The van der Waals surface area contributed by atoms with Gasteiger partial charge in [0.2, 0.25) is 0 Å². The van der Waals surface area contributed by atoms with E-state index in [-0.39, 0.29) is 18.6 Å². The van der Waals surface area contributed by atoms with Gasteiger partial charge in [-0.25, -0.2) is 0 Å². The Morgan fingerprint density at radius 3 is 2.69 bits per heavy atom. The Morgan fingerprint density at radius 1 is 1.12 bits per heavy atom. The van der Waals surface area contributed by atoms with E-state index in [0.717, 1.165) is 32.1 Å². The molecule has 26 heavy (non-hydrogen) atoms. The first-order valence-electron chi connectivity index (χ1n) is 9.98. The van der Waals surface area contributed by atoms with Crippen molar-refractivity contribution in [3.8, 4) is 11.8 Å². The van der Waals surface area contributed by atoms with Crippen LogP contribution in [0.4, 0.5) is 0 Å². The van der Waals surface area contributed by atoms with Crippen LogP contribution in [0, 0.1) is 11.8 Å². The minimum Gasteiger partial charge on any atom is -0.481 e. The molecule has 1 saturated heterocycles. The molecule has 3 unspecified atom stereocenters. The van der Waals surface area contributed by atoms with E-state index in [1.165, 1.54) is 19.3 Å². The summed E-state index contributed by atoms with van der Waals surface area (Å²) in [6.07, 6.45) is 18.0. The molecule has 0 aliphatic carbocycles. The van der Waals surface area contributed by atoms with Crippen molar-refractivity contribution in [2.45, 2.75) is 95.9 Å². The van der Waals surface area contributed by atoms with Gasteiger partial charge in [-0.1, -0.05) is 68.8 Å². The Morgan fingerprint density at radius 2 is 1.92 bits per heavy atom. The summed E-state index contributed by atoms with van der Waals surface area (Å²) < 4.78 is 5.46. The Balaban J connectivity index is 2.02. The largest absolute Gasteiger partial charge is 0.481 e. The molecule has 4 heteroatoms. The van der Waals surface area contributed by atoms with E-state index in [2.05, 4.69) is 37.0 Å². The molecule has 0 amide bonds. The number of carboxylic acids is 1. The quantitative estimate of drug-likeness (QED) is 0.205. The van der Waals surface area contributed by atoms with Gasteiger partial charge < -0.3 is 14.9 Å². The van der Waals surface area contributed by atoms with Crippen molar-refractivity contribution in [2.24, 2.45) is 0 Å². The number of ether oxygens (including phenoxy) is 1. The lowest BCUT2D eigenvalue weighted by molar-refractivity contribution is -0.137. The lowest BCUT2D eigenvalue weighted by Gasteiger charge is -1.98. The van der Waals surface area contributed by atoms with Crippen LogP contribution in [-0.2, 0) is 9.53 Å². The number of aliphatic hydroxyl groups is 1. The van der Waals surface area contributed by atoms with Gasteiger partial charge in [0.25, 0.3) is 0 Å². The number of unbranched alkanes of at least 4 members (excludes halogenated alkanes) is 5. The van der Waals surface area contributed by atoms with Crippen LogP contribution in [0.25, 0.3) is 0 Å². The zero-order valence-electron chi connectivity index (χ0n) is 16.0. The summed E-state index contributed by atoms with van der Waals surface area (Å²) >= 11 is 0. The fourth-order valence-corrected chi connectivity index (χ4v) is 2.75. The number of rotatable bonds is 14. The minimum atomic E-state index is -0.742. The Hall–Kier alpha value is -1.57. The molecular weight excluding hydrogens is 328 g/mol. The van der Waals surface area contributed by atoms with E-state index in [9.17, 15) is 9.90 Å². The summed E-state index contributed by atoms with van der Waals surface area (Å²) in [7, 11) is 0. The SMILES string of the molecule is CCCCC/C=C\C/C=C\CC#CC(O)C1OC1CCCCCC(=O)O. The molecule has 1 aliphatic heterocycles. The number of hydrogen-bond acceptors (Lipinski definition) is 3. The fraction of sp³-hybridized carbons (Fsp3) is 0.682. The number of aliphatic hydroxyl groups excluding tert-OH is 1. The van der Waals surface area contributed by atoms with Crippen LogP contribution in [0.1, 0.15) is 77.6 Å². The number of carboxylic acid groups (broad SMARTS) is 1. The standard InChI is InChI=1S/C22H34O4/c1-2-3-4-5-6-7-8-9-10-11-13-16-19(23)22-20(26-22)17-14-12-15-18-21(24)25/h6-7,9-10,19-20,22-23H,2-5,8,11-12,14-15,17-18H2,1H3,(H,24,25)/b7-6-,10-9-. The summed E-state index contributed by atoms with van der Waals surface area (Å²) in [5.74, 6) is 5.09. The Bertz CT molecular complexity index is 498. The smallest absolute Gasteiger partial charge is 0.303 e. The van der Waals surface area contributed by atoms with E-state index >= 15 is 0 Å². The summed E-state index contributed by atoms with van der Waals surface area (Å²) in [6, 6.07) is 0. The van der Waals surface area contributed by atoms with E-state index in [1.54, 1.807) is 0 Å². The maximum absolute atomic E-state index is 10.4. The summed E-state index contributed by atoms with van der Waals surface area (Å²) in [6.45, 7) is 2.21. The lowest BCUT2D eigenvalue weighted by atomic mass is 10.1. The highest BCUT2D eigenvalue weighted by Gasteiger charge is 2.42. The molecule has 1 fully saturated rings. The first kappa shape index (κ1) is 22.5. The molecule has 0 aromatic heterocycles. The van der Waals surface area contributed by atoms with Crippen LogP contribution in [0.15, 0.2) is 24.3 Å². The van der Waals surface area contributed by atoms with Crippen molar-refractivity contribution in [1.82, 2.24) is 0 Å². The van der Waals surface area contributed by atoms with Crippen LogP contribution in [0.5, 0.6) is 0 Å². The zero-order chi connectivity index (χ0) is 19.0. The number of aliphatic carboxylic acids is 1. The van der Waals surface area contributed by atoms with Gasteiger partial charge in [0.05, 0.1) is 6.10 Å². The molecule has 0 saturated carbocycles. The maximum atomic E-state index is 10.4. The van der Waals surface area contributed by atoms with Crippen molar-refractivity contribution in [1.29, 1.82) is 0 Å². The fourth-order valence-electron chi connectivity index (χ4n) is 2.75. The molecule has 4 nitrogen and oxygen atoms in total. The van der Waals surface area contributed by atoms with Crippen LogP contribution in [0.2, 0.25) is 0 Å². The molecule has 0 radical (unpaired) electrons. The molecule has 0 aromatic rings. The average Bonchev–Trinajstić information content (AvgIpc) is 3.38. The predicted molar refractivity (Wildman–Crippen MR) is 105 cm³/mol. The molecule has 3 atom stereocenters. The van der Waals surface area contributed by atoms with E-state index < -0.39 is 12.1 Å². The highest BCUT2D eigenvalue weighted by atomic mass is 16.6. The summed E-state index contributed by atoms with van der Waals surface area (Å²) in [5.41, 5.74) is 0. The van der Waals surface area contributed by atoms with E-state index in [1.807, 2.05) is 6.08 Å². The molecule has 1 rings (SSSR count). The first-order chi connectivity index (χ1) is 12.6. The number of carbonyl (C=O) groups is 1. The lowest BCUT2D eigenvalue weighted by Crippen LogP contribution is -2.14. The van der Waals surface area contributed by atoms with Gasteiger partial charge >= 0.3 is 5.97 Å². The monoisotopic (exact) mass is 362 g/mol. The van der Waals surface area contributed by atoms with Gasteiger partial charge in [-0.05, 0) is 32.1 Å². The summed E-state index contributed by atoms with van der Waals surface area (Å²) in [5, 5.41) is 18.5.